The number of ether oxygens (including phenoxy) is 1. The van der Waals surface area contributed by atoms with Crippen LogP contribution in [0.5, 0.6) is 0 Å². The maximum absolute atomic E-state index is 5.81. The van der Waals surface area contributed by atoms with Gasteiger partial charge < -0.3 is 4.74 Å². The Bertz CT molecular complexity index is 296. The lowest BCUT2D eigenvalue weighted by Crippen LogP contribution is -2.03. The van der Waals surface area contributed by atoms with Gasteiger partial charge in [-0.2, -0.15) is 0 Å². The Kier molecular flexibility index (Phi) is 5.13. The van der Waals surface area contributed by atoms with E-state index in [4.69, 9.17) is 4.74 Å². The largest absolute Gasteiger partial charge is 0.369 e. The number of rotatable bonds is 5. The van der Waals surface area contributed by atoms with Crippen molar-refractivity contribution in [2.45, 2.75) is 33.3 Å². The molecule has 0 aliphatic carbocycles. The van der Waals surface area contributed by atoms with Crippen LogP contribution >= 0.6 is 0 Å². The minimum Gasteiger partial charge on any atom is -0.369 e. The van der Waals surface area contributed by atoms with Crippen molar-refractivity contribution in [3.05, 3.63) is 47.5 Å². The third-order valence-corrected chi connectivity index (χ3v) is 2.33. The fourth-order valence-electron chi connectivity index (χ4n) is 1.45. The van der Waals surface area contributed by atoms with Crippen LogP contribution in [0.4, 0.5) is 0 Å². The van der Waals surface area contributed by atoms with Crippen molar-refractivity contribution in [3.63, 3.8) is 0 Å². The molecule has 1 aromatic rings. The average Bonchev–Trinajstić information content (AvgIpc) is 2.25. The zero-order valence-corrected chi connectivity index (χ0v) is 9.86. The van der Waals surface area contributed by atoms with Crippen LogP contribution in [0.3, 0.4) is 0 Å². The lowest BCUT2D eigenvalue weighted by atomic mass is 10.1. The van der Waals surface area contributed by atoms with Crippen molar-refractivity contribution in [2.75, 3.05) is 6.61 Å². The summed E-state index contributed by atoms with van der Waals surface area (Å²) in [4.78, 5) is 0. The molecule has 0 heterocycles. The fourth-order valence-corrected chi connectivity index (χ4v) is 1.45. The highest BCUT2D eigenvalue weighted by atomic mass is 16.5. The second-order valence-electron chi connectivity index (χ2n) is 3.92. The average molecular weight is 204 g/mol. The predicted molar refractivity (Wildman–Crippen MR) is 64.9 cm³/mol. The summed E-state index contributed by atoms with van der Waals surface area (Å²) in [5, 5.41) is 0. The van der Waals surface area contributed by atoms with E-state index in [0.717, 1.165) is 6.42 Å². The minimum absolute atomic E-state index is 0.224. The number of hydrogen-bond donors (Lipinski definition) is 0. The second kappa shape index (κ2) is 6.41. The number of allylic oxidation sites excluding steroid dienone is 1. The fraction of sp³-hybridized carbons (Fsp3) is 0.429. The first kappa shape index (κ1) is 12.0. The zero-order valence-electron chi connectivity index (χ0n) is 9.86. The quantitative estimate of drug-likeness (QED) is 0.655. The Balaban J connectivity index is 2.54. The Morgan fingerprint density at radius 2 is 1.93 bits per heavy atom. The molecule has 0 saturated heterocycles. The molecule has 0 saturated carbocycles. The van der Waals surface area contributed by atoms with E-state index in [0.29, 0.717) is 6.61 Å². The SMILES string of the molecule is CCC(OCC=C(C)C)c1ccccc1. The van der Waals surface area contributed by atoms with E-state index >= 15 is 0 Å². The van der Waals surface area contributed by atoms with Crippen molar-refractivity contribution in [3.8, 4) is 0 Å². The molecule has 0 amide bonds. The molecular formula is C14H20O. The van der Waals surface area contributed by atoms with E-state index in [9.17, 15) is 0 Å². The van der Waals surface area contributed by atoms with Gasteiger partial charge in [0.2, 0.25) is 0 Å². The standard InChI is InChI=1S/C14H20O/c1-4-14(15-11-10-12(2)3)13-8-6-5-7-9-13/h5-10,14H,4,11H2,1-3H3. The first-order valence-corrected chi connectivity index (χ1v) is 5.54. The molecule has 0 bridgehead atoms. The molecule has 82 valence electrons. The molecular weight excluding hydrogens is 184 g/mol. The van der Waals surface area contributed by atoms with E-state index in [-0.39, 0.29) is 6.10 Å². The van der Waals surface area contributed by atoms with E-state index < -0.39 is 0 Å². The van der Waals surface area contributed by atoms with Crippen molar-refractivity contribution in [1.29, 1.82) is 0 Å². The summed E-state index contributed by atoms with van der Waals surface area (Å²) in [7, 11) is 0. The van der Waals surface area contributed by atoms with Crippen LogP contribution < -0.4 is 0 Å². The number of hydrogen-bond acceptors (Lipinski definition) is 1. The van der Waals surface area contributed by atoms with Gasteiger partial charge in [-0.15, -0.1) is 0 Å². The van der Waals surface area contributed by atoms with Gasteiger partial charge in [-0.3, -0.25) is 0 Å². The Morgan fingerprint density at radius 3 is 2.47 bits per heavy atom. The molecule has 1 unspecified atom stereocenters. The van der Waals surface area contributed by atoms with Gasteiger partial charge in [-0.1, -0.05) is 48.9 Å². The van der Waals surface area contributed by atoms with Gasteiger partial charge in [0.1, 0.15) is 0 Å². The molecule has 0 aromatic heterocycles. The lowest BCUT2D eigenvalue weighted by molar-refractivity contribution is 0.0710. The molecule has 1 rings (SSSR count). The summed E-state index contributed by atoms with van der Waals surface area (Å²) in [5.41, 5.74) is 2.57. The number of benzene rings is 1. The molecule has 0 fully saturated rings. The summed E-state index contributed by atoms with van der Waals surface area (Å²) in [6, 6.07) is 10.4. The first-order valence-electron chi connectivity index (χ1n) is 5.54. The maximum Gasteiger partial charge on any atom is 0.0826 e. The predicted octanol–water partition coefficient (Wildman–Crippen LogP) is 4.12. The smallest absolute Gasteiger partial charge is 0.0826 e. The van der Waals surface area contributed by atoms with Crippen LogP contribution in [0.2, 0.25) is 0 Å². The summed E-state index contributed by atoms with van der Waals surface area (Å²) >= 11 is 0. The van der Waals surface area contributed by atoms with Gasteiger partial charge in [0.15, 0.2) is 0 Å². The molecule has 1 atom stereocenters. The third kappa shape index (κ3) is 4.30. The van der Waals surface area contributed by atoms with E-state index in [1.165, 1.54) is 11.1 Å². The minimum atomic E-state index is 0.224. The van der Waals surface area contributed by atoms with Gasteiger partial charge in [0.25, 0.3) is 0 Å². The van der Waals surface area contributed by atoms with Gasteiger partial charge in [0, 0.05) is 0 Å². The Labute approximate surface area is 92.8 Å². The lowest BCUT2D eigenvalue weighted by Gasteiger charge is -2.15. The van der Waals surface area contributed by atoms with Crippen LogP contribution in [0.25, 0.3) is 0 Å². The van der Waals surface area contributed by atoms with E-state index in [2.05, 4.69) is 51.1 Å². The van der Waals surface area contributed by atoms with E-state index in [1.807, 2.05) is 6.07 Å². The van der Waals surface area contributed by atoms with Crippen molar-refractivity contribution in [1.82, 2.24) is 0 Å². The zero-order chi connectivity index (χ0) is 11.1. The summed E-state index contributed by atoms with van der Waals surface area (Å²) in [6.45, 7) is 7.04. The molecule has 15 heavy (non-hydrogen) atoms. The normalized spacial score (nSPS) is 12.2. The van der Waals surface area contributed by atoms with Crippen LogP contribution in [-0.2, 0) is 4.74 Å². The molecule has 0 N–H and O–H groups in total. The maximum atomic E-state index is 5.81. The summed E-state index contributed by atoms with van der Waals surface area (Å²) in [6.07, 6.45) is 3.36. The highest BCUT2D eigenvalue weighted by Crippen LogP contribution is 2.20. The monoisotopic (exact) mass is 204 g/mol. The van der Waals surface area contributed by atoms with Gasteiger partial charge in [0.05, 0.1) is 12.7 Å². The first-order chi connectivity index (χ1) is 7.24. The molecule has 1 heteroatoms. The second-order valence-corrected chi connectivity index (χ2v) is 3.92. The molecule has 1 aromatic carbocycles. The van der Waals surface area contributed by atoms with Crippen molar-refractivity contribution in [2.24, 2.45) is 0 Å². The van der Waals surface area contributed by atoms with E-state index in [1.54, 1.807) is 0 Å². The third-order valence-electron chi connectivity index (χ3n) is 2.33. The Hall–Kier alpha value is -1.08. The van der Waals surface area contributed by atoms with Crippen LogP contribution in [0, 0.1) is 0 Å². The topological polar surface area (TPSA) is 9.23 Å². The van der Waals surface area contributed by atoms with Gasteiger partial charge in [-0.05, 0) is 25.8 Å². The van der Waals surface area contributed by atoms with Crippen LogP contribution in [0.15, 0.2) is 42.0 Å². The molecule has 0 aliphatic rings. The van der Waals surface area contributed by atoms with Crippen molar-refractivity contribution >= 4 is 0 Å². The highest BCUT2D eigenvalue weighted by molar-refractivity contribution is 5.17. The van der Waals surface area contributed by atoms with Crippen molar-refractivity contribution < 1.29 is 4.74 Å². The summed E-state index contributed by atoms with van der Waals surface area (Å²) in [5.74, 6) is 0. The summed E-state index contributed by atoms with van der Waals surface area (Å²) < 4.78 is 5.81. The molecule has 1 nitrogen and oxygen atoms in total. The highest BCUT2D eigenvalue weighted by Gasteiger charge is 2.07. The van der Waals surface area contributed by atoms with Crippen LogP contribution in [0.1, 0.15) is 38.9 Å². The van der Waals surface area contributed by atoms with Gasteiger partial charge in [-0.25, -0.2) is 0 Å². The molecule has 0 aliphatic heterocycles. The van der Waals surface area contributed by atoms with Crippen LogP contribution in [-0.4, -0.2) is 6.61 Å². The molecule has 0 radical (unpaired) electrons. The Morgan fingerprint density at radius 1 is 1.27 bits per heavy atom. The molecule has 0 spiro atoms. The van der Waals surface area contributed by atoms with Gasteiger partial charge >= 0.3 is 0 Å².